The van der Waals surface area contributed by atoms with E-state index >= 15 is 0 Å². The van der Waals surface area contributed by atoms with Gasteiger partial charge < -0.3 is 19.7 Å². The van der Waals surface area contributed by atoms with Crippen LogP contribution in [0.15, 0.2) is 60.9 Å². The number of hydrogen-bond donors (Lipinski definition) is 2. The van der Waals surface area contributed by atoms with Crippen molar-refractivity contribution in [3.05, 3.63) is 83.2 Å². The summed E-state index contributed by atoms with van der Waals surface area (Å²) in [5.41, 5.74) is 0.732. The first-order valence-corrected chi connectivity index (χ1v) is 8.93. The van der Waals surface area contributed by atoms with E-state index in [0.29, 0.717) is 10.8 Å². The van der Waals surface area contributed by atoms with Crippen LogP contribution in [0.4, 0.5) is 4.39 Å². The quantitative estimate of drug-likeness (QED) is 0.576. The fourth-order valence-corrected chi connectivity index (χ4v) is 2.86. The summed E-state index contributed by atoms with van der Waals surface area (Å²) in [5.74, 6) is 1.04. The lowest BCUT2D eigenvalue weighted by molar-refractivity contribution is 0.104. The first-order chi connectivity index (χ1) is 13.0. The molecule has 0 saturated carbocycles. The fraction of sp³-hybridized carbons (Fsp3) is 0.250. The monoisotopic (exact) mass is 425 g/mol. The Morgan fingerprint density at radius 2 is 2.00 bits per heavy atom. The van der Waals surface area contributed by atoms with Crippen molar-refractivity contribution >= 4 is 24.0 Å². The molecule has 0 saturated heterocycles. The molecule has 1 heterocycles. The zero-order valence-corrected chi connectivity index (χ0v) is 16.8. The molecule has 3 aromatic rings. The molecule has 2 unspecified atom stereocenters. The predicted octanol–water partition coefficient (Wildman–Crippen LogP) is 3.75. The standard InChI is InChI=1S/C20H21ClFN3O2.ClH/c1-25-10-9-23-20(25)19(14-3-2-4-16(22)11-14)24-12-17(26)13-27-18-7-5-15(21)6-8-18;/h2-11,17,19,24,26H,12-13H2,1H3;1H. The molecule has 0 spiro atoms. The summed E-state index contributed by atoms with van der Waals surface area (Å²) in [6.07, 6.45) is 2.75. The maximum atomic E-state index is 13.7. The molecular formula is C20H22Cl2FN3O2. The Morgan fingerprint density at radius 3 is 2.64 bits per heavy atom. The van der Waals surface area contributed by atoms with Crippen LogP contribution in [0.25, 0.3) is 0 Å². The summed E-state index contributed by atoms with van der Waals surface area (Å²) in [5, 5.41) is 14.1. The van der Waals surface area contributed by atoms with Gasteiger partial charge in [0, 0.05) is 31.0 Å². The van der Waals surface area contributed by atoms with E-state index in [2.05, 4.69) is 10.3 Å². The average molecular weight is 426 g/mol. The third kappa shape index (κ3) is 5.94. The number of rotatable bonds is 8. The number of halogens is 3. The van der Waals surface area contributed by atoms with Crippen LogP contribution in [0.3, 0.4) is 0 Å². The SMILES string of the molecule is Cl.Cn1ccnc1C(NCC(O)COc1ccc(Cl)cc1)c1cccc(F)c1. The average Bonchev–Trinajstić information content (AvgIpc) is 3.07. The van der Waals surface area contributed by atoms with E-state index in [1.165, 1.54) is 12.1 Å². The Bertz CT molecular complexity index is 874. The first kappa shape index (κ1) is 22.2. The van der Waals surface area contributed by atoms with Crippen molar-refractivity contribution in [2.45, 2.75) is 12.1 Å². The molecule has 2 N–H and O–H groups in total. The number of aromatic nitrogens is 2. The van der Waals surface area contributed by atoms with Crippen LogP contribution in [-0.2, 0) is 7.05 Å². The third-order valence-corrected chi connectivity index (χ3v) is 4.36. The second-order valence-electron chi connectivity index (χ2n) is 6.21. The van der Waals surface area contributed by atoms with Gasteiger partial charge in [0.15, 0.2) is 0 Å². The summed E-state index contributed by atoms with van der Waals surface area (Å²) in [6, 6.07) is 12.9. The molecule has 2 atom stereocenters. The minimum atomic E-state index is -0.753. The third-order valence-electron chi connectivity index (χ3n) is 4.11. The largest absolute Gasteiger partial charge is 0.491 e. The number of nitrogens with one attached hydrogen (secondary N) is 1. The van der Waals surface area contributed by atoms with Crippen molar-refractivity contribution in [3.8, 4) is 5.75 Å². The number of benzene rings is 2. The van der Waals surface area contributed by atoms with Gasteiger partial charge in [-0.15, -0.1) is 12.4 Å². The Labute approximate surface area is 174 Å². The lowest BCUT2D eigenvalue weighted by Gasteiger charge is -2.21. The molecule has 0 aliphatic rings. The number of ether oxygens (including phenoxy) is 1. The zero-order valence-electron chi connectivity index (χ0n) is 15.3. The van der Waals surface area contributed by atoms with Gasteiger partial charge >= 0.3 is 0 Å². The van der Waals surface area contributed by atoms with Gasteiger partial charge in [-0.05, 0) is 42.0 Å². The van der Waals surface area contributed by atoms with Crippen molar-refractivity contribution in [3.63, 3.8) is 0 Å². The van der Waals surface area contributed by atoms with Gasteiger partial charge in [0.25, 0.3) is 0 Å². The topological polar surface area (TPSA) is 59.3 Å². The molecule has 0 bridgehead atoms. The summed E-state index contributed by atoms with van der Waals surface area (Å²) in [7, 11) is 1.87. The minimum absolute atomic E-state index is 0. The highest BCUT2D eigenvalue weighted by Gasteiger charge is 2.20. The predicted molar refractivity (Wildman–Crippen MR) is 110 cm³/mol. The summed E-state index contributed by atoms with van der Waals surface area (Å²) >= 11 is 5.84. The maximum absolute atomic E-state index is 13.7. The van der Waals surface area contributed by atoms with Crippen LogP contribution >= 0.6 is 24.0 Å². The van der Waals surface area contributed by atoms with Crippen LogP contribution in [0, 0.1) is 5.82 Å². The molecule has 0 radical (unpaired) electrons. The Kier molecular flexibility index (Phi) is 8.26. The lowest BCUT2D eigenvalue weighted by Crippen LogP contribution is -2.35. The molecule has 28 heavy (non-hydrogen) atoms. The molecule has 0 fully saturated rings. The number of aryl methyl sites for hydroxylation is 1. The summed E-state index contributed by atoms with van der Waals surface area (Å²) in [4.78, 5) is 4.35. The van der Waals surface area contributed by atoms with Crippen LogP contribution in [0.2, 0.25) is 5.02 Å². The smallest absolute Gasteiger partial charge is 0.130 e. The minimum Gasteiger partial charge on any atom is -0.491 e. The lowest BCUT2D eigenvalue weighted by atomic mass is 10.1. The molecule has 2 aromatic carbocycles. The Balaban J connectivity index is 0.00000280. The van der Waals surface area contributed by atoms with Gasteiger partial charge in [-0.25, -0.2) is 9.37 Å². The van der Waals surface area contributed by atoms with Gasteiger partial charge in [0.2, 0.25) is 0 Å². The number of aliphatic hydroxyl groups excluding tert-OH is 1. The molecule has 3 rings (SSSR count). The molecule has 1 aromatic heterocycles. The molecule has 0 amide bonds. The maximum Gasteiger partial charge on any atom is 0.130 e. The number of hydrogen-bond acceptors (Lipinski definition) is 4. The van der Waals surface area contributed by atoms with E-state index in [9.17, 15) is 9.50 Å². The van der Waals surface area contributed by atoms with Crippen LogP contribution < -0.4 is 10.1 Å². The molecule has 5 nitrogen and oxygen atoms in total. The molecule has 0 aliphatic heterocycles. The highest BCUT2D eigenvalue weighted by molar-refractivity contribution is 6.30. The van der Waals surface area contributed by atoms with Crippen molar-refractivity contribution in [2.75, 3.05) is 13.2 Å². The van der Waals surface area contributed by atoms with Crippen molar-refractivity contribution < 1.29 is 14.2 Å². The van der Waals surface area contributed by atoms with E-state index in [4.69, 9.17) is 16.3 Å². The number of nitrogens with zero attached hydrogens (tertiary/aromatic N) is 2. The highest BCUT2D eigenvalue weighted by Crippen LogP contribution is 2.21. The molecule has 150 valence electrons. The number of imidazole rings is 1. The summed E-state index contributed by atoms with van der Waals surface area (Å²) in [6.45, 7) is 0.368. The van der Waals surface area contributed by atoms with E-state index in [-0.39, 0.29) is 37.4 Å². The van der Waals surface area contributed by atoms with Crippen molar-refractivity contribution in [1.82, 2.24) is 14.9 Å². The number of aliphatic hydroxyl groups is 1. The second kappa shape index (κ2) is 10.4. The Morgan fingerprint density at radius 1 is 1.25 bits per heavy atom. The highest BCUT2D eigenvalue weighted by atomic mass is 35.5. The normalized spacial score (nSPS) is 12.9. The van der Waals surface area contributed by atoms with Gasteiger partial charge in [-0.3, -0.25) is 0 Å². The van der Waals surface area contributed by atoms with Gasteiger partial charge in [0.05, 0.1) is 6.04 Å². The van der Waals surface area contributed by atoms with Gasteiger partial charge in [-0.1, -0.05) is 23.7 Å². The van der Waals surface area contributed by atoms with E-state index in [0.717, 1.165) is 11.4 Å². The van der Waals surface area contributed by atoms with E-state index in [1.54, 1.807) is 36.5 Å². The first-order valence-electron chi connectivity index (χ1n) is 8.55. The van der Waals surface area contributed by atoms with Crippen molar-refractivity contribution in [2.24, 2.45) is 7.05 Å². The van der Waals surface area contributed by atoms with Gasteiger partial charge in [0.1, 0.15) is 30.1 Å². The molecular weight excluding hydrogens is 404 g/mol. The van der Waals surface area contributed by atoms with Crippen molar-refractivity contribution in [1.29, 1.82) is 0 Å². The van der Waals surface area contributed by atoms with E-state index < -0.39 is 6.10 Å². The van der Waals surface area contributed by atoms with Crippen LogP contribution in [0.5, 0.6) is 5.75 Å². The second-order valence-corrected chi connectivity index (χ2v) is 6.65. The van der Waals surface area contributed by atoms with Crippen LogP contribution in [-0.4, -0.2) is 33.9 Å². The molecule has 8 heteroatoms. The van der Waals surface area contributed by atoms with E-state index in [1.807, 2.05) is 23.9 Å². The van der Waals surface area contributed by atoms with Crippen LogP contribution in [0.1, 0.15) is 17.4 Å². The fourth-order valence-electron chi connectivity index (χ4n) is 2.74. The molecule has 0 aliphatic carbocycles. The zero-order chi connectivity index (χ0) is 19.2. The van der Waals surface area contributed by atoms with Gasteiger partial charge in [-0.2, -0.15) is 0 Å². The Hall–Kier alpha value is -2.12. The summed E-state index contributed by atoms with van der Waals surface area (Å²) < 4.78 is 21.1.